The van der Waals surface area contributed by atoms with Crippen molar-refractivity contribution >= 4 is 10.8 Å². The van der Waals surface area contributed by atoms with Crippen LogP contribution in [0.15, 0.2) is 58.4 Å². The van der Waals surface area contributed by atoms with Gasteiger partial charge in [0, 0.05) is 9.80 Å². The van der Waals surface area contributed by atoms with Crippen LogP contribution in [0.5, 0.6) is 0 Å². The molecule has 90 valence electrons. The molecule has 0 aromatic heterocycles. The lowest BCUT2D eigenvalue weighted by Crippen LogP contribution is -2.09. The van der Waals surface area contributed by atoms with E-state index in [0.717, 1.165) is 29.1 Å². The molecule has 0 aliphatic heterocycles. The standard InChI is InChI=1S/C15H18OS/c1-12(2)13-8-10-15(11-9-13)17(16)14-6-4-3-5-7-14/h3-7,10,13H,1,8-9,11H2,2H3/t13-,17?/m0/s1. The lowest BCUT2D eigenvalue weighted by molar-refractivity contribution is 0.548. The Balaban J connectivity index is 2.10. The Morgan fingerprint density at radius 3 is 2.59 bits per heavy atom. The highest BCUT2D eigenvalue weighted by atomic mass is 32.2. The van der Waals surface area contributed by atoms with Crippen LogP contribution in [0, 0.1) is 5.92 Å². The van der Waals surface area contributed by atoms with Crippen molar-refractivity contribution in [3.8, 4) is 0 Å². The molecular weight excluding hydrogens is 228 g/mol. The smallest absolute Gasteiger partial charge is 0.0805 e. The largest absolute Gasteiger partial charge is 0.249 e. The third kappa shape index (κ3) is 2.95. The summed E-state index contributed by atoms with van der Waals surface area (Å²) >= 11 is 0. The monoisotopic (exact) mass is 246 g/mol. The van der Waals surface area contributed by atoms with E-state index in [1.54, 1.807) is 0 Å². The second-order valence-electron chi connectivity index (χ2n) is 4.57. The predicted octanol–water partition coefficient (Wildman–Crippen LogP) is 4.05. The second kappa shape index (κ2) is 5.46. The summed E-state index contributed by atoms with van der Waals surface area (Å²) < 4.78 is 12.3. The third-order valence-corrected chi connectivity index (χ3v) is 4.81. The molecular formula is C15H18OS. The zero-order chi connectivity index (χ0) is 12.3. The average molecular weight is 246 g/mol. The lowest BCUT2D eigenvalue weighted by Gasteiger charge is -2.21. The normalized spacial score (nSPS) is 21.7. The van der Waals surface area contributed by atoms with Crippen LogP contribution in [0.1, 0.15) is 26.2 Å². The van der Waals surface area contributed by atoms with Gasteiger partial charge < -0.3 is 0 Å². The van der Waals surface area contributed by atoms with Gasteiger partial charge in [0.15, 0.2) is 0 Å². The van der Waals surface area contributed by atoms with E-state index < -0.39 is 10.8 Å². The molecule has 2 atom stereocenters. The van der Waals surface area contributed by atoms with Crippen LogP contribution in [-0.2, 0) is 10.8 Å². The Kier molecular flexibility index (Phi) is 3.95. The quantitative estimate of drug-likeness (QED) is 0.735. The van der Waals surface area contributed by atoms with Crippen LogP contribution in [0.2, 0.25) is 0 Å². The van der Waals surface area contributed by atoms with E-state index in [4.69, 9.17) is 0 Å². The molecule has 0 spiro atoms. The van der Waals surface area contributed by atoms with Gasteiger partial charge in [-0.3, -0.25) is 0 Å². The topological polar surface area (TPSA) is 17.1 Å². The number of benzene rings is 1. The Morgan fingerprint density at radius 1 is 1.35 bits per heavy atom. The summed E-state index contributed by atoms with van der Waals surface area (Å²) in [5.41, 5.74) is 1.24. The molecule has 2 heteroatoms. The Hall–Kier alpha value is -1.15. The number of allylic oxidation sites excluding steroid dienone is 3. The fourth-order valence-electron chi connectivity index (χ4n) is 2.12. The van der Waals surface area contributed by atoms with Gasteiger partial charge in [0.05, 0.1) is 10.8 Å². The fraction of sp³-hybridized carbons (Fsp3) is 0.333. The van der Waals surface area contributed by atoms with Crippen LogP contribution < -0.4 is 0 Å². The molecule has 1 aliphatic rings. The van der Waals surface area contributed by atoms with Gasteiger partial charge in [-0.1, -0.05) is 36.4 Å². The van der Waals surface area contributed by atoms with Crippen molar-refractivity contribution in [1.82, 2.24) is 0 Å². The molecule has 0 bridgehead atoms. The summed E-state index contributed by atoms with van der Waals surface area (Å²) in [6.45, 7) is 6.08. The van der Waals surface area contributed by atoms with Crippen molar-refractivity contribution in [2.24, 2.45) is 5.92 Å². The molecule has 0 heterocycles. The van der Waals surface area contributed by atoms with E-state index in [-0.39, 0.29) is 0 Å². The van der Waals surface area contributed by atoms with Crippen molar-refractivity contribution in [3.05, 3.63) is 53.5 Å². The molecule has 0 N–H and O–H groups in total. The van der Waals surface area contributed by atoms with E-state index in [9.17, 15) is 4.21 Å². The predicted molar refractivity (Wildman–Crippen MR) is 73.1 cm³/mol. The summed E-state index contributed by atoms with van der Waals surface area (Å²) in [7, 11) is -0.967. The van der Waals surface area contributed by atoms with E-state index in [1.165, 1.54) is 5.57 Å². The molecule has 1 aliphatic carbocycles. The summed E-state index contributed by atoms with van der Waals surface area (Å²) in [5.74, 6) is 0.575. The lowest BCUT2D eigenvalue weighted by atomic mass is 9.89. The van der Waals surface area contributed by atoms with E-state index in [0.29, 0.717) is 5.92 Å². The van der Waals surface area contributed by atoms with Crippen LogP contribution in [-0.4, -0.2) is 4.21 Å². The SMILES string of the molecule is C=C(C)[C@H]1CC=C(S(=O)c2ccccc2)CC1. The zero-order valence-electron chi connectivity index (χ0n) is 10.2. The van der Waals surface area contributed by atoms with Gasteiger partial charge in [-0.05, 0) is 44.2 Å². The first-order valence-corrected chi connectivity index (χ1v) is 7.14. The minimum Gasteiger partial charge on any atom is -0.249 e. The van der Waals surface area contributed by atoms with Crippen molar-refractivity contribution in [2.45, 2.75) is 31.1 Å². The summed E-state index contributed by atoms with van der Waals surface area (Å²) in [6, 6.07) is 9.69. The Bertz CT molecular complexity index is 459. The van der Waals surface area contributed by atoms with Crippen LogP contribution in [0.4, 0.5) is 0 Å². The molecule has 1 nitrogen and oxygen atoms in total. The molecule has 0 saturated carbocycles. The van der Waals surface area contributed by atoms with Gasteiger partial charge in [0.2, 0.25) is 0 Å². The molecule has 0 amide bonds. The highest BCUT2D eigenvalue weighted by Crippen LogP contribution is 2.31. The summed E-state index contributed by atoms with van der Waals surface area (Å²) in [6.07, 6.45) is 5.15. The van der Waals surface area contributed by atoms with Crippen molar-refractivity contribution < 1.29 is 4.21 Å². The van der Waals surface area contributed by atoms with Crippen molar-refractivity contribution in [2.75, 3.05) is 0 Å². The van der Waals surface area contributed by atoms with Gasteiger partial charge in [0.1, 0.15) is 0 Å². The van der Waals surface area contributed by atoms with E-state index in [1.807, 2.05) is 30.3 Å². The molecule has 0 fully saturated rings. The van der Waals surface area contributed by atoms with E-state index >= 15 is 0 Å². The maximum Gasteiger partial charge on any atom is 0.0805 e. The molecule has 2 rings (SSSR count). The van der Waals surface area contributed by atoms with Crippen molar-refractivity contribution in [1.29, 1.82) is 0 Å². The van der Waals surface area contributed by atoms with Crippen LogP contribution >= 0.6 is 0 Å². The number of hydrogen-bond donors (Lipinski definition) is 0. The van der Waals surface area contributed by atoms with Gasteiger partial charge >= 0.3 is 0 Å². The van der Waals surface area contributed by atoms with Gasteiger partial charge in [-0.15, -0.1) is 0 Å². The van der Waals surface area contributed by atoms with Crippen molar-refractivity contribution in [3.63, 3.8) is 0 Å². The first kappa shape index (κ1) is 12.3. The Labute approximate surface area is 106 Å². The van der Waals surface area contributed by atoms with Gasteiger partial charge in [-0.2, -0.15) is 0 Å². The first-order chi connectivity index (χ1) is 8.18. The first-order valence-electron chi connectivity index (χ1n) is 5.99. The molecule has 0 radical (unpaired) electrons. The van der Waals surface area contributed by atoms with Crippen LogP contribution in [0.3, 0.4) is 0 Å². The summed E-state index contributed by atoms with van der Waals surface area (Å²) in [4.78, 5) is 1.99. The van der Waals surface area contributed by atoms with Gasteiger partial charge in [-0.25, -0.2) is 4.21 Å². The number of rotatable bonds is 3. The molecule has 1 aromatic carbocycles. The maximum atomic E-state index is 12.3. The minimum absolute atomic E-state index is 0.575. The molecule has 17 heavy (non-hydrogen) atoms. The molecule has 1 aromatic rings. The van der Waals surface area contributed by atoms with E-state index in [2.05, 4.69) is 19.6 Å². The highest BCUT2D eigenvalue weighted by Gasteiger charge is 2.18. The minimum atomic E-state index is -0.967. The molecule has 0 saturated heterocycles. The Morgan fingerprint density at radius 2 is 2.06 bits per heavy atom. The molecule has 1 unspecified atom stereocenters. The number of hydrogen-bond acceptors (Lipinski definition) is 1. The highest BCUT2D eigenvalue weighted by molar-refractivity contribution is 7.89. The summed E-state index contributed by atoms with van der Waals surface area (Å²) in [5, 5.41) is 0. The van der Waals surface area contributed by atoms with Gasteiger partial charge in [0.25, 0.3) is 0 Å². The maximum absolute atomic E-state index is 12.3. The fourth-order valence-corrected chi connectivity index (χ4v) is 3.38. The average Bonchev–Trinajstić information content (AvgIpc) is 2.39. The second-order valence-corrected chi connectivity index (χ2v) is 6.10. The third-order valence-electron chi connectivity index (χ3n) is 3.26. The zero-order valence-corrected chi connectivity index (χ0v) is 11.0. The van der Waals surface area contributed by atoms with Crippen LogP contribution in [0.25, 0.3) is 0 Å².